The molecule has 6 aromatic rings. The normalized spacial score (nSPS) is 12.6. The maximum atomic E-state index is 8.74. The predicted molar refractivity (Wildman–Crippen MR) is 167 cm³/mol. The van der Waals surface area contributed by atoms with Crippen LogP contribution in [-0.2, 0) is 0 Å². The van der Waals surface area contributed by atoms with Crippen LogP contribution >= 0.6 is 27.7 Å². The van der Waals surface area contributed by atoms with Crippen LogP contribution in [0.25, 0.3) is 21.8 Å². The maximum Gasteiger partial charge on any atom is 0.154 e. The number of benzene rings is 5. The number of aliphatic imine (C=N–C) groups is 1. The van der Waals surface area contributed by atoms with E-state index in [-0.39, 0.29) is 5.84 Å². The highest BCUT2D eigenvalue weighted by molar-refractivity contribution is 9.10. The van der Waals surface area contributed by atoms with E-state index in [1.54, 1.807) is 11.8 Å². The van der Waals surface area contributed by atoms with Crippen LogP contribution in [0, 0.1) is 5.41 Å². The molecule has 2 heterocycles. The molecule has 7 heteroatoms. The number of rotatable bonds is 3. The third-order valence-corrected chi connectivity index (χ3v) is 8.58. The van der Waals surface area contributed by atoms with Crippen molar-refractivity contribution in [3.05, 3.63) is 131 Å². The van der Waals surface area contributed by atoms with Crippen LogP contribution in [0.5, 0.6) is 0 Å². The van der Waals surface area contributed by atoms with Gasteiger partial charge in [-0.15, -0.1) is 0 Å². The summed E-state index contributed by atoms with van der Waals surface area (Å²) in [5.41, 5.74) is 9.46. The summed E-state index contributed by atoms with van der Waals surface area (Å²) in [7, 11) is 0. The molecule has 1 aromatic heterocycles. The number of para-hydroxylation sites is 2. The van der Waals surface area contributed by atoms with Crippen LogP contribution in [0.2, 0.25) is 0 Å². The second-order valence-electron chi connectivity index (χ2n) is 9.19. The van der Waals surface area contributed by atoms with Crippen LogP contribution < -0.4 is 10.7 Å². The van der Waals surface area contributed by atoms with Gasteiger partial charge in [0.2, 0.25) is 0 Å². The van der Waals surface area contributed by atoms with Gasteiger partial charge in [-0.1, -0.05) is 103 Å². The molecule has 0 amide bonds. The van der Waals surface area contributed by atoms with Gasteiger partial charge in [-0.25, -0.2) is 4.99 Å². The number of nitrogens with one attached hydrogen (secondary N) is 3. The Bertz CT molecular complexity index is 1910. The molecular weight excluding hydrogens is 566 g/mol. The number of aromatic nitrogens is 1. The molecule has 0 bridgehead atoms. The van der Waals surface area contributed by atoms with Crippen molar-refractivity contribution in [2.45, 2.75) is 9.79 Å². The first-order valence-corrected chi connectivity index (χ1v) is 14.1. The lowest BCUT2D eigenvalue weighted by Crippen LogP contribution is -2.25. The Labute approximate surface area is 238 Å². The minimum atomic E-state index is 0.192. The summed E-state index contributed by atoms with van der Waals surface area (Å²) in [6.07, 6.45) is 0. The molecule has 1 aliphatic heterocycles. The van der Waals surface area contributed by atoms with Crippen LogP contribution in [0.4, 0.5) is 11.4 Å². The molecule has 5 aromatic carbocycles. The molecule has 0 spiro atoms. The molecule has 0 saturated carbocycles. The maximum absolute atomic E-state index is 8.74. The minimum Gasteiger partial charge on any atom is -0.353 e. The fourth-order valence-corrected chi connectivity index (χ4v) is 6.75. The van der Waals surface area contributed by atoms with Gasteiger partial charge in [0.05, 0.1) is 22.4 Å². The Balaban J connectivity index is 1.43. The van der Waals surface area contributed by atoms with E-state index in [4.69, 9.17) is 10.4 Å². The van der Waals surface area contributed by atoms with Gasteiger partial charge in [0.1, 0.15) is 0 Å². The zero-order valence-corrected chi connectivity index (χ0v) is 23.1. The third-order valence-electron chi connectivity index (χ3n) is 6.76. The fourth-order valence-electron chi connectivity index (χ4n) is 4.93. The van der Waals surface area contributed by atoms with Gasteiger partial charge in [0.25, 0.3) is 0 Å². The van der Waals surface area contributed by atoms with E-state index in [0.29, 0.717) is 5.84 Å². The van der Waals surface area contributed by atoms with Crippen molar-refractivity contribution in [1.29, 1.82) is 5.41 Å². The van der Waals surface area contributed by atoms with Crippen molar-refractivity contribution in [2.75, 3.05) is 10.7 Å². The highest BCUT2D eigenvalue weighted by Gasteiger charge is 2.25. The van der Waals surface area contributed by atoms with Gasteiger partial charge >= 0.3 is 0 Å². The lowest BCUT2D eigenvalue weighted by Gasteiger charge is -2.23. The van der Waals surface area contributed by atoms with Gasteiger partial charge in [0.15, 0.2) is 11.7 Å². The molecule has 39 heavy (non-hydrogen) atoms. The molecule has 3 N–H and O–H groups in total. The Morgan fingerprint density at radius 3 is 2.26 bits per heavy atom. The van der Waals surface area contributed by atoms with Gasteiger partial charge < -0.3 is 5.32 Å². The third kappa shape index (κ3) is 4.20. The van der Waals surface area contributed by atoms with E-state index < -0.39 is 0 Å². The number of hydrogen-bond donors (Lipinski definition) is 3. The molecular formula is C32H22BrN5S. The largest absolute Gasteiger partial charge is 0.353 e. The second-order valence-corrected chi connectivity index (χ2v) is 11.1. The number of fused-ring (bicyclic) bond motifs is 6. The fraction of sp³-hybridized carbons (Fsp3) is 0. The van der Waals surface area contributed by atoms with Crippen molar-refractivity contribution >= 4 is 72.5 Å². The zero-order chi connectivity index (χ0) is 26.3. The number of amidine groups is 2. The minimum absolute atomic E-state index is 0.192. The standard InChI is InChI=1S/C32H22BrN5S/c33-23-19-26-28(30-29(23)35-24-16-8-10-18-27(24)39-30)22-15-7-9-17-25(22)38(26)37-32(21-13-5-2-6-14-21)36-31(34)20-11-3-1-4-12-20/h1-19,35H,(H2,34,36,37). The average Bonchev–Trinajstić information content (AvgIpc) is 3.30. The molecule has 7 rings (SSSR count). The molecule has 0 fully saturated rings. The number of anilines is 2. The van der Waals surface area contributed by atoms with Gasteiger partial charge in [0, 0.05) is 36.2 Å². The number of hydrogen-bond acceptors (Lipinski definition) is 3. The van der Waals surface area contributed by atoms with Crippen LogP contribution in [0.3, 0.4) is 0 Å². The SMILES string of the molecule is N=C(N=C(Nn1c2ccccc2c2c3c(c(Br)cc21)Nc1ccccc1S3)c1ccccc1)c1ccccc1. The number of halogens is 1. The van der Waals surface area contributed by atoms with E-state index >= 15 is 0 Å². The van der Waals surface area contributed by atoms with Crippen molar-refractivity contribution in [3.8, 4) is 0 Å². The zero-order valence-electron chi connectivity index (χ0n) is 20.7. The Kier molecular flexibility index (Phi) is 5.95. The monoisotopic (exact) mass is 587 g/mol. The first kappa shape index (κ1) is 23.8. The van der Waals surface area contributed by atoms with Crippen molar-refractivity contribution in [3.63, 3.8) is 0 Å². The van der Waals surface area contributed by atoms with Gasteiger partial charge in [-0.3, -0.25) is 15.5 Å². The summed E-state index contributed by atoms with van der Waals surface area (Å²) in [6, 6.07) is 38.5. The molecule has 1 aliphatic rings. The average molecular weight is 589 g/mol. The van der Waals surface area contributed by atoms with Gasteiger partial charge in [-0.2, -0.15) is 0 Å². The second kappa shape index (κ2) is 9.76. The molecule has 0 atom stereocenters. The summed E-state index contributed by atoms with van der Waals surface area (Å²) in [5, 5.41) is 14.7. The van der Waals surface area contributed by atoms with E-state index in [0.717, 1.165) is 48.8 Å². The van der Waals surface area contributed by atoms with Crippen LogP contribution in [-0.4, -0.2) is 16.3 Å². The van der Waals surface area contributed by atoms with E-state index in [2.05, 4.69) is 79.9 Å². The summed E-state index contributed by atoms with van der Waals surface area (Å²) >= 11 is 5.63. The highest BCUT2D eigenvalue weighted by Crippen LogP contribution is 2.52. The lowest BCUT2D eigenvalue weighted by atomic mass is 10.1. The highest BCUT2D eigenvalue weighted by atomic mass is 79.9. The summed E-state index contributed by atoms with van der Waals surface area (Å²) in [5.74, 6) is 0.787. The van der Waals surface area contributed by atoms with Crippen molar-refractivity contribution in [1.82, 2.24) is 4.68 Å². The van der Waals surface area contributed by atoms with Crippen molar-refractivity contribution in [2.24, 2.45) is 4.99 Å². The predicted octanol–water partition coefficient (Wildman–Crippen LogP) is 8.78. The molecule has 0 saturated heterocycles. The van der Waals surface area contributed by atoms with Gasteiger partial charge in [-0.05, 0) is 40.2 Å². The molecule has 0 unspecified atom stereocenters. The number of nitrogens with zero attached hydrogens (tertiary/aromatic N) is 2. The van der Waals surface area contributed by atoms with E-state index in [1.165, 1.54) is 9.79 Å². The summed E-state index contributed by atoms with van der Waals surface area (Å²) in [6.45, 7) is 0. The summed E-state index contributed by atoms with van der Waals surface area (Å²) in [4.78, 5) is 7.15. The van der Waals surface area contributed by atoms with Crippen LogP contribution in [0.1, 0.15) is 11.1 Å². The molecule has 0 radical (unpaired) electrons. The smallest absolute Gasteiger partial charge is 0.154 e. The van der Waals surface area contributed by atoms with Crippen LogP contribution in [0.15, 0.2) is 135 Å². The molecule has 5 nitrogen and oxygen atoms in total. The quantitative estimate of drug-likeness (QED) is 0.143. The lowest BCUT2D eigenvalue weighted by molar-refractivity contribution is 1.08. The first-order chi connectivity index (χ1) is 19.2. The van der Waals surface area contributed by atoms with E-state index in [9.17, 15) is 0 Å². The molecule has 0 aliphatic carbocycles. The Morgan fingerprint density at radius 2 is 1.46 bits per heavy atom. The Morgan fingerprint density at radius 1 is 0.795 bits per heavy atom. The van der Waals surface area contributed by atoms with Crippen molar-refractivity contribution < 1.29 is 0 Å². The first-order valence-electron chi connectivity index (χ1n) is 12.5. The summed E-state index contributed by atoms with van der Waals surface area (Å²) < 4.78 is 3.06. The topological polar surface area (TPSA) is 65.2 Å². The Hall–Kier alpha value is -4.33. The van der Waals surface area contributed by atoms with E-state index in [1.807, 2.05) is 66.7 Å². The molecule has 188 valence electrons.